The molecule has 1 aliphatic heterocycles. The monoisotopic (exact) mass is 266 g/mol. The van der Waals surface area contributed by atoms with Crippen molar-refractivity contribution in [2.45, 2.75) is 25.8 Å². The normalized spacial score (nSPS) is 19.2. The van der Waals surface area contributed by atoms with Gasteiger partial charge in [0.05, 0.1) is 10.6 Å². The van der Waals surface area contributed by atoms with Crippen LogP contribution in [-0.2, 0) is 4.79 Å². The van der Waals surface area contributed by atoms with Crippen LogP contribution < -0.4 is 10.6 Å². The summed E-state index contributed by atoms with van der Waals surface area (Å²) in [4.78, 5) is 23.0. The van der Waals surface area contributed by atoms with Crippen molar-refractivity contribution in [3.63, 3.8) is 0 Å². The molecular weight excluding hydrogens is 252 g/mol. The van der Waals surface area contributed by atoms with Crippen LogP contribution in [-0.4, -0.2) is 24.4 Å². The largest absolute Gasteiger partial charge is 0.354 e. The molecule has 1 atom stereocenters. The molecule has 0 saturated carbocycles. The van der Waals surface area contributed by atoms with E-state index >= 15 is 0 Å². The minimum absolute atomic E-state index is 0.0208. The summed E-state index contributed by atoms with van der Waals surface area (Å²) in [6.45, 7) is 2.40. The van der Waals surface area contributed by atoms with Gasteiger partial charge in [0, 0.05) is 19.0 Å². The standard InChI is InChI=1S/C13H15ClN2O2/c1-8-2-4-10(11(14)6-8)13(18)16-9-3-5-12(17)15-7-9/h2,4,6,9H,3,5,7H2,1H3,(H,15,17)(H,16,18). The quantitative estimate of drug-likeness (QED) is 0.855. The molecule has 0 spiro atoms. The molecule has 1 fully saturated rings. The molecule has 0 aromatic heterocycles. The molecule has 2 rings (SSSR count). The average Bonchev–Trinajstić information content (AvgIpc) is 2.32. The number of nitrogens with one attached hydrogen (secondary N) is 2. The van der Waals surface area contributed by atoms with Crippen LogP contribution in [0.15, 0.2) is 18.2 Å². The Morgan fingerprint density at radius 2 is 2.28 bits per heavy atom. The van der Waals surface area contributed by atoms with E-state index in [1.807, 2.05) is 13.0 Å². The summed E-state index contributed by atoms with van der Waals surface area (Å²) < 4.78 is 0. The Bertz CT molecular complexity index is 478. The third-order valence-corrected chi connectivity index (χ3v) is 3.28. The highest BCUT2D eigenvalue weighted by atomic mass is 35.5. The summed E-state index contributed by atoms with van der Waals surface area (Å²) in [6, 6.07) is 5.31. The van der Waals surface area contributed by atoms with E-state index in [9.17, 15) is 9.59 Å². The van der Waals surface area contributed by atoms with E-state index in [4.69, 9.17) is 11.6 Å². The van der Waals surface area contributed by atoms with E-state index in [1.165, 1.54) is 0 Å². The molecule has 4 nitrogen and oxygen atoms in total. The Labute approximate surface area is 111 Å². The first kappa shape index (κ1) is 12.9. The van der Waals surface area contributed by atoms with Gasteiger partial charge in [-0.25, -0.2) is 0 Å². The number of halogens is 1. The van der Waals surface area contributed by atoms with Gasteiger partial charge in [-0.05, 0) is 31.0 Å². The summed E-state index contributed by atoms with van der Waals surface area (Å²) in [6.07, 6.45) is 1.12. The van der Waals surface area contributed by atoms with Crippen LogP contribution in [0.3, 0.4) is 0 Å². The smallest absolute Gasteiger partial charge is 0.253 e. The van der Waals surface area contributed by atoms with E-state index in [2.05, 4.69) is 10.6 Å². The van der Waals surface area contributed by atoms with Crippen molar-refractivity contribution in [3.8, 4) is 0 Å². The molecule has 1 unspecified atom stereocenters. The van der Waals surface area contributed by atoms with Crippen molar-refractivity contribution in [2.24, 2.45) is 0 Å². The van der Waals surface area contributed by atoms with Crippen molar-refractivity contribution in [2.75, 3.05) is 6.54 Å². The molecule has 96 valence electrons. The SMILES string of the molecule is Cc1ccc(C(=O)NC2CCC(=O)NC2)c(Cl)c1. The number of carbonyl (C=O) groups is 2. The molecule has 1 aromatic carbocycles. The fourth-order valence-corrected chi connectivity index (χ4v) is 2.24. The summed E-state index contributed by atoms with van der Waals surface area (Å²) in [7, 11) is 0. The van der Waals surface area contributed by atoms with Crippen LogP contribution >= 0.6 is 11.6 Å². The molecule has 0 radical (unpaired) electrons. The number of hydrogen-bond donors (Lipinski definition) is 2. The lowest BCUT2D eigenvalue weighted by Gasteiger charge is -2.23. The molecular formula is C13H15ClN2O2. The van der Waals surface area contributed by atoms with Gasteiger partial charge < -0.3 is 10.6 Å². The predicted molar refractivity (Wildman–Crippen MR) is 69.7 cm³/mol. The number of piperidine rings is 1. The molecule has 1 saturated heterocycles. The second-order valence-electron chi connectivity index (χ2n) is 4.50. The van der Waals surface area contributed by atoms with E-state index < -0.39 is 0 Å². The van der Waals surface area contributed by atoms with Crippen LogP contribution in [0.5, 0.6) is 0 Å². The second kappa shape index (κ2) is 5.40. The van der Waals surface area contributed by atoms with Crippen LogP contribution in [0, 0.1) is 6.92 Å². The summed E-state index contributed by atoms with van der Waals surface area (Å²) in [5.41, 5.74) is 1.49. The van der Waals surface area contributed by atoms with Gasteiger partial charge in [-0.1, -0.05) is 17.7 Å². The number of amides is 2. The number of rotatable bonds is 2. The fourth-order valence-electron chi connectivity index (χ4n) is 1.92. The number of benzene rings is 1. The summed E-state index contributed by atoms with van der Waals surface area (Å²) in [5.74, 6) is -0.157. The molecule has 1 aliphatic rings. The van der Waals surface area contributed by atoms with Gasteiger partial charge >= 0.3 is 0 Å². The van der Waals surface area contributed by atoms with E-state index in [1.54, 1.807) is 12.1 Å². The highest BCUT2D eigenvalue weighted by molar-refractivity contribution is 6.33. The zero-order valence-corrected chi connectivity index (χ0v) is 10.9. The summed E-state index contributed by atoms with van der Waals surface area (Å²) >= 11 is 6.03. The summed E-state index contributed by atoms with van der Waals surface area (Å²) in [5, 5.41) is 6.06. The Balaban J connectivity index is 2.01. The zero-order valence-electron chi connectivity index (χ0n) is 10.1. The lowest BCUT2D eigenvalue weighted by Crippen LogP contribution is -2.47. The maximum absolute atomic E-state index is 12.0. The molecule has 2 amide bonds. The predicted octanol–water partition coefficient (Wildman–Crippen LogP) is 1.66. The van der Waals surface area contributed by atoms with Crippen molar-refractivity contribution >= 4 is 23.4 Å². The van der Waals surface area contributed by atoms with Crippen molar-refractivity contribution in [1.82, 2.24) is 10.6 Å². The van der Waals surface area contributed by atoms with Gasteiger partial charge in [-0.15, -0.1) is 0 Å². The van der Waals surface area contributed by atoms with Crippen molar-refractivity contribution < 1.29 is 9.59 Å². The number of carbonyl (C=O) groups excluding carboxylic acids is 2. The molecule has 0 bridgehead atoms. The van der Waals surface area contributed by atoms with Gasteiger partial charge in [-0.2, -0.15) is 0 Å². The van der Waals surface area contributed by atoms with Gasteiger partial charge in [0.2, 0.25) is 5.91 Å². The third-order valence-electron chi connectivity index (χ3n) is 2.97. The van der Waals surface area contributed by atoms with Crippen molar-refractivity contribution in [1.29, 1.82) is 0 Å². The lowest BCUT2D eigenvalue weighted by molar-refractivity contribution is -0.122. The molecule has 5 heteroatoms. The van der Waals surface area contributed by atoms with E-state index in [0.29, 0.717) is 30.0 Å². The Morgan fingerprint density at radius 1 is 1.50 bits per heavy atom. The van der Waals surface area contributed by atoms with Gasteiger partial charge in [0.25, 0.3) is 5.91 Å². The second-order valence-corrected chi connectivity index (χ2v) is 4.90. The molecule has 2 N–H and O–H groups in total. The molecule has 18 heavy (non-hydrogen) atoms. The van der Waals surface area contributed by atoms with Crippen molar-refractivity contribution in [3.05, 3.63) is 34.3 Å². The van der Waals surface area contributed by atoms with Crippen LogP contribution in [0.25, 0.3) is 0 Å². The average molecular weight is 267 g/mol. The Kier molecular flexibility index (Phi) is 3.87. The molecule has 0 aliphatic carbocycles. The maximum Gasteiger partial charge on any atom is 0.253 e. The highest BCUT2D eigenvalue weighted by Gasteiger charge is 2.21. The lowest BCUT2D eigenvalue weighted by atomic mass is 10.1. The molecule has 1 aromatic rings. The highest BCUT2D eigenvalue weighted by Crippen LogP contribution is 2.18. The topological polar surface area (TPSA) is 58.2 Å². The zero-order chi connectivity index (χ0) is 13.1. The van der Waals surface area contributed by atoms with E-state index in [0.717, 1.165) is 5.56 Å². The van der Waals surface area contributed by atoms with Crippen LogP contribution in [0.4, 0.5) is 0 Å². The van der Waals surface area contributed by atoms with Gasteiger partial charge in [0.15, 0.2) is 0 Å². The van der Waals surface area contributed by atoms with Gasteiger partial charge in [0.1, 0.15) is 0 Å². The first-order valence-electron chi connectivity index (χ1n) is 5.90. The van der Waals surface area contributed by atoms with Crippen LogP contribution in [0.2, 0.25) is 5.02 Å². The first-order valence-corrected chi connectivity index (χ1v) is 6.28. The van der Waals surface area contributed by atoms with Gasteiger partial charge in [-0.3, -0.25) is 9.59 Å². The maximum atomic E-state index is 12.0. The number of aryl methyl sites for hydroxylation is 1. The third kappa shape index (κ3) is 3.01. The van der Waals surface area contributed by atoms with E-state index in [-0.39, 0.29) is 17.9 Å². The first-order chi connectivity index (χ1) is 8.56. The number of hydrogen-bond acceptors (Lipinski definition) is 2. The van der Waals surface area contributed by atoms with Crippen LogP contribution in [0.1, 0.15) is 28.8 Å². The Morgan fingerprint density at radius 3 is 2.89 bits per heavy atom. The minimum Gasteiger partial charge on any atom is -0.354 e. The fraction of sp³-hybridized carbons (Fsp3) is 0.385. The Hall–Kier alpha value is -1.55. The molecule has 1 heterocycles. The minimum atomic E-state index is -0.193.